The van der Waals surface area contributed by atoms with Gasteiger partial charge in [-0.15, -0.1) is 6.58 Å². The second kappa shape index (κ2) is 6.85. The zero-order chi connectivity index (χ0) is 9.40. The number of esters is 1. The smallest absolute Gasteiger partial charge is 0.334 e. The van der Waals surface area contributed by atoms with Crippen LogP contribution < -0.4 is 0 Å². The molecule has 0 fully saturated rings. The molecule has 0 rings (SSSR count). The van der Waals surface area contributed by atoms with Crippen LogP contribution in [0, 0.1) is 0 Å². The molecule has 0 aliphatic rings. The van der Waals surface area contributed by atoms with Crippen molar-refractivity contribution >= 4 is 5.97 Å². The molecule has 0 saturated heterocycles. The van der Waals surface area contributed by atoms with Crippen molar-refractivity contribution in [1.82, 2.24) is 0 Å². The molecule has 0 N–H and O–H groups in total. The lowest BCUT2D eigenvalue weighted by molar-refractivity contribution is -0.152. The summed E-state index contributed by atoms with van der Waals surface area (Å²) in [6.07, 6.45) is 3.17. The summed E-state index contributed by atoms with van der Waals surface area (Å²) < 4.78 is 9.66. The first kappa shape index (κ1) is 11.2. The van der Waals surface area contributed by atoms with E-state index in [0.717, 1.165) is 12.8 Å². The Morgan fingerprint density at radius 1 is 1.67 bits per heavy atom. The molecule has 0 saturated carbocycles. The van der Waals surface area contributed by atoms with Crippen LogP contribution >= 0.6 is 0 Å². The van der Waals surface area contributed by atoms with Crippen LogP contribution in [0.15, 0.2) is 12.7 Å². The maximum Gasteiger partial charge on any atom is 0.334 e. The van der Waals surface area contributed by atoms with Crippen molar-refractivity contribution in [2.45, 2.75) is 25.9 Å². The Morgan fingerprint density at radius 2 is 2.33 bits per heavy atom. The summed E-state index contributed by atoms with van der Waals surface area (Å²) in [5, 5.41) is 0. The first-order valence-corrected chi connectivity index (χ1v) is 4.02. The average molecular weight is 172 g/mol. The fourth-order valence-electron chi connectivity index (χ4n) is 0.722. The summed E-state index contributed by atoms with van der Waals surface area (Å²) in [4.78, 5) is 10.8. The molecule has 0 aromatic rings. The van der Waals surface area contributed by atoms with Gasteiger partial charge >= 0.3 is 5.97 Å². The normalized spacial score (nSPS) is 12.2. The van der Waals surface area contributed by atoms with E-state index >= 15 is 0 Å². The predicted octanol–water partition coefficient (Wildman–Crippen LogP) is 1.53. The number of carbonyl (C=O) groups excluding carboxylic acids is 1. The highest BCUT2D eigenvalue weighted by molar-refractivity contribution is 5.73. The lowest BCUT2D eigenvalue weighted by Gasteiger charge is -2.09. The second-order valence-electron chi connectivity index (χ2n) is 2.47. The molecular formula is C9H16O3. The first-order chi connectivity index (χ1) is 5.72. The van der Waals surface area contributed by atoms with Crippen LogP contribution in [-0.4, -0.2) is 25.8 Å². The number of allylic oxidation sites excluding steroid dienone is 1. The van der Waals surface area contributed by atoms with E-state index in [2.05, 4.69) is 11.3 Å². The van der Waals surface area contributed by atoms with Crippen LogP contribution in [0.5, 0.6) is 0 Å². The molecule has 0 aliphatic carbocycles. The van der Waals surface area contributed by atoms with Crippen LogP contribution in [0.1, 0.15) is 19.8 Å². The molecule has 12 heavy (non-hydrogen) atoms. The molecule has 3 nitrogen and oxygen atoms in total. The molecule has 3 heteroatoms. The van der Waals surface area contributed by atoms with Crippen LogP contribution in [0.25, 0.3) is 0 Å². The summed E-state index contributed by atoms with van der Waals surface area (Å²) >= 11 is 0. The molecule has 0 aliphatic heterocycles. The van der Waals surface area contributed by atoms with Crippen molar-refractivity contribution in [1.29, 1.82) is 0 Å². The molecule has 1 atom stereocenters. The molecule has 0 radical (unpaired) electrons. The summed E-state index contributed by atoms with van der Waals surface area (Å²) in [6, 6.07) is 0. The summed E-state index contributed by atoms with van der Waals surface area (Å²) in [7, 11) is 1.35. The topological polar surface area (TPSA) is 35.5 Å². The minimum atomic E-state index is -0.459. The Morgan fingerprint density at radius 3 is 2.83 bits per heavy atom. The second-order valence-corrected chi connectivity index (χ2v) is 2.47. The highest BCUT2D eigenvalue weighted by Gasteiger charge is 2.11. The van der Waals surface area contributed by atoms with Gasteiger partial charge in [-0.1, -0.05) is 6.08 Å². The first-order valence-electron chi connectivity index (χ1n) is 4.02. The van der Waals surface area contributed by atoms with Gasteiger partial charge < -0.3 is 9.47 Å². The Bertz CT molecular complexity index is 143. The van der Waals surface area contributed by atoms with Crippen molar-refractivity contribution in [3.63, 3.8) is 0 Å². The van der Waals surface area contributed by atoms with Gasteiger partial charge in [0.2, 0.25) is 0 Å². The lowest BCUT2D eigenvalue weighted by atomic mass is 10.3. The van der Waals surface area contributed by atoms with E-state index in [4.69, 9.17) is 4.74 Å². The van der Waals surface area contributed by atoms with E-state index in [0.29, 0.717) is 6.61 Å². The van der Waals surface area contributed by atoms with E-state index in [1.807, 2.05) is 6.08 Å². The Kier molecular flexibility index (Phi) is 6.38. The van der Waals surface area contributed by atoms with Gasteiger partial charge in [-0.3, -0.25) is 0 Å². The Labute approximate surface area is 73.4 Å². The zero-order valence-electron chi connectivity index (χ0n) is 7.71. The third-order valence-electron chi connectivity index (χ3n) is 1.45. The third-order valence-corrected chi connectivity index (χ3v) is 1.45. The molecule has 0 aromatic heterocycles. The number of hydrogen-bond donors (Lipinski definition) is 0. The van der Waals surface area contributed by atoms with E-state index < -0.39 is 6.10 Å². The number of methoxy groups -OCH3 is 1. The predicted molar refractivity (Wildman–Crippen MR) is 46.9 cm³/mol. The monoisotopic (exact) mass is 172 g/mol. The average Bonchev–Trinajstić information content (AvgIpc) is 2.10. The fraction of sp³-hybridized carbons (Fsp3) is 0.667. The number of carbonyl (C=O) groups is 1. The van der Waals surface area contributed by atoms with Gasteiger partial charge in [0.1, 0.15) is 0 Å². The number of ether oxygens (including phenoxy) is 2. The van der Waals surface area contributed by atoms with Crippen LogP contribution in [-0.2, 0) is 14.3 Å². The molecule has 1 unspecified atom stereocenters. The molecule has 0 heterocycles. The summed E-state index contributed by atoms with van der Waals surface area (Å²) in [5.74, 6) is -0.325. The standard InChI is InChI=1S/C9H16O3/c1-4-5-6-7-12-8(2)9(10)11-3/h4,8H,1,5-7H2,2-3H3. The lowest BCUT2D eigenvalue weighted by Crippen LogP contribution is -2.22. The van der Waals surface area contributed by atoms with Gasteiger partial charge in [-0.25, -0.2) is 4.79 Å². The Balaban J connectivity index is 3.36. The van der Waals surface area contributed by atoms with Gasteiger partial charge in [0, 0.05) is 6.61 Å². The summed E-state index contributed by atoms with van der Waals surface area (Å²) in [6.45, 7) is 5.83. The Hall–Kier alpha value is -0.830. The van der Waals surface area contributed by atoms with Crippen molar-refractivity contribution in [3.05, 3.63) is 12.7 Å². The maximum absolute atomic E-state index is 10.8. The van der Waals surface area contributed by atoms with Gasteiger partial charge in [0.25, 0.3) is 0 Å². The molecule has 70 valence electrons. The van der Waals surface area contributed by atoms with Gasteiger partial charge in [-0.05, 0) is 19.8 Å². The molecule has 0 aromatic carbocycles. The zero-order valence-corrected chi connectivity index (χ0v) is 7.71. The third kappa shape index (κ3) is 4.91. The largest absolute Gasteiger partial charge is 0.467 e. The van der Waals surface area contributed by atoms with E-state index in [1.54, 1.807) is 6.92 Å². The summed E-state index contributed by atoms with van der Waals surface area (Å²) in [5.41, 5.74) is 0. The molecule has 0 bridgehead atoms. The van der Waals surface area contributed by atoms with E-state index in [1.165, 1.54) is 7.11 Å². The number of hydrogen-bond acceptors (Lipinski definition) is 3. The van der Waals surface area contributed by atoms with Crippen molar-refractivity contribution in [2.24, 2.45) is 0 Å². The van der Waals surface area contributed by atoms with Crippen LogP contribution in [0.4, 0.5) is 0 Å². The minimum Gasteiger partial charge on any atom is -0.467 e. The molecule has 0 amide bonds. The van der Waals surface area contributed by atoms with E-state index in [-0.39, 0.29) is 5.97 Å². The van der Waals surface area contributed by atoms with Gasteiger partial charge in [0.05, 0.1) is 7.11 Å². The quantitative estimate of drug-likeness (QED) is 0.346. The van der Waals surface area contributed by atoms with Gasteiger partial charge in [0.15, 0.2) is 6.10 Å². The van der Waals surface area contributed by atoms with Crippen molar-refractivity contribution in [2.75, 3.05) is 13.7 Å². The molecular weight excluding hydrogens is 156 g/mol. The van der Waals surface area contributed by atoms with Crippen molar-refractivity contribution < 1.29 is 14.3 Å². The highest BCUT2D eigenvalue weighted by Crippen LogP contribution is 1.97. The SMILES string of the molecule is C=CCCCOC(C)C(=O)OC. The van der Waals surface area contributed by atoms with Crippen molar-refractivity contribution in [3.8, 4) is 0 Å². The maximum atomic E-state index is 10.8. The highest BCUT2D eigenvalue weighted by atomic mass is 16.6. The number of unbranched alkanes of at least 4 members (excludes halogenated alkanes) is 1. The van der Waals surface area contributed by atoms with Crippen LogP contribution in [0.3, 0.4) is 0 Å². The molecule has 0 spiro atoms. The van der Waals surface area contributed by atoms with E-state index in [9.17, 15) is 4.79 Å². The van der Waals surface area contributed by atoms with Crippen LogP contribution in [0.2, 0.25) is 0 Å². The number of rotatable bonds is 6. The van der Waals surface area contributed by atoms with Gasteiger partial charge in [-0.2, -0.15) is 0 Å². The minimum absolute atomic E-state index is 0.325. The fourth-order valence-corrected chi connectivity index (χ4v) is 0.722.